The highest BCUT2D eigenvalue weighted by Gasteiger charge is 2.12. The van der Waals surface area contributed by atoms with E-state index < -0.39 is 0 Å². The van der Waals surface area contributed by atoms with Crippen LogP contribution >= 0.6 is 11.6 Å². The Labute approximate surface area is 103 Å². The maximum absolute atomic E-state index is 6.15. The second-order valence-corrected chi connectivity index (χ2v) is 4.88. The molecule has 0 spiro atoms. The van der Waals surface area contributed by atoms with E-state index in [0.717, 1.165) is 30.1 Å². The Kier molecular flexibility index (Phi) is 5.29. The highest BCUT2D eigenvalue weighted by Crippen LogP contribution is 2.20. The quantitative estimate of drug-likeness (QED) is 0.832. The van der Waals surface area contributed by atoms with Gasteiger partial charge in [-0.3, -0.25) is 4.68 Å². The van der Waals surface area contributed by atoms with Crippen LogP contribution in [-0.4, -0.2) is 22.4 Å². The molecular formula is C12H22ClN3. The molecule has 1 rings (SSSR count). The van der Waals surface area contributed by atoms with E-state index in [1.165, 1.54) is 0 Å². The number of nitrogens with zero attached hydrogens (tertiary/aromatic N) is 2. The second kappa shape index (κ2) is 6.26. The molecule has 1 heterocycles. The predicted octanol–water partition coefficient (Wildman–Crippen LogP) is 3.05. The summed E-state index contributed by atoms with van der Waals surface area (Å²) >= 11 is 6.15. The minimum absolute atomic E-state index is 0.372. The standard InChI is InChI=1S/C12H22ClN3/c1-5-14-10(4)6-7-12-11(13)8-15-16(12)9(2)3/h8-10,14H,5-7H2,1-4H3. The number of halogens is 1. The molecule has 1 aromatic heterocycles. The topological polar surface area (TPSA) is 29.9 Å². The van der Waals surface area contributed by atoms with Crippen molar-refractivity contribution in [2.24, 2.45) is 0 Å². The van der Waals surface area contributed by atoms with E-state index in [4.69, 9.17) is 11.6 Å². The molecule has 0 aliphatic heterocycles. The zero-order valence-corrected chi connectivity index (χ0v) is 11.4. The lowest BCUT2D eigenvalue weighted by Crippen LogP contribution is -2.26. The molecule has 0 saturated carbocycles. The lowest BCUT2D eigenvalue weighted by molar-refractivity contribution is 0.481. The molecule has 4 heteroatoms. The molecule has 3 nitrogen and oxygen atoms in total. The molecule has 1 atom stereocenters. The average Bonchev–Trinajstić information content (AvgIpc) is 2.57. The van der Waals surface area contributed by atoms with Gasteiger partial charge in [0.15, 0.2) is 0 Å². The molecule has 0 radical (unpaired) electrons. The Hall–Kier alpha value is -0.540. The van der Waals surface area contributed by atoms with E-state index in [-0.39, 0.29) is 0 Å². The van der Waals surface area contributed by atoms with Gasteiger partial charge in [-0.15, -0.1) is 0 Å². The zero-order chi connectivity index (χ0) is 12.1. The first-order valence-electron chi connectivity index (χ1n) is 6.01. The molecule has 16 heavy (non-hydrogen) atoms. The van der Waals surface area contributed by atoms with Gasteiger partial charge in [0.2, 0.25) is 0 Å². The van der Waals surface area contributed by atoms with Crippen LogP contribution in [0.1, 0.15) is 45.9 Å². The van der Waals surface area contributed by atoms with Crippen molar-refractivity contribution < 1.29 is 0 Å². The summed E-state index contributed by atoms with van der Waals surface area (Å²) < 4.78 is 2.01. The van der Waals surface area contributed by atoms with Crippen LogP contribution in [0.2, 0.25) is 5.02 Å². The molecular weight excluding hydrogens is 222 g/mol. The van der Waals surface area contributed by atoms with Gasteiger partial charge in [0, 0.05) is 12.1 Å². The van der Waals surface area contributed by atoms with Crippen LogP contribution in [0.25, 0.3) is 0 Å². The minimum atomic E-state index is 0.372. The summed E-state index contributed by atoms with van der Waals surface area (Å²) in [7, 11) is 0. The van der Waals surface area contributed by atoms with Crippen molar-refractivity contribution in [3.8, 4) is 0 Å². The van der Waals surface area contributed by atoms with Crippen molar-refractivity contribution in [2.75, 3.05) is 6.54 Å². The highest BCUT2D eigenvalue weighted by atomic mass is 35.5. The van der Waals surface area contributed by atoms with E-state index in [1.807, 2.05) is 4.68 Å². The van der Waals surface area contributed by atoms with Gasteiger partial charge in [0.05, 0.1) is 16.9 Å². The second-order valence-electron chi connectivity index (χ2n) is 4.47. The first-order chi connectivity index (χ1) is 7.56. The Bertz CT molecular complexity index is 320. The van der Waals surface area contributed by atoms with Crippen molar-refractivity contribution in [3.05, 3.63) is 16.9 Å². The Morgan fingerprint density at radius 2 is 2.12 bits per heavy atom. The van der Waals surface area contributed by atoms with Gasteiger partial charge in [-0.1, -0.05) is 18.5 Å². The lowest BCUT2D eigenvalue weighted by Gasteiger charge is -2.15. The fourth-order valence-electron chi connectivity index (χ4n) is 1.85. The summed E-state index contributed by atoms with van der Waals surface area (Å²) in [5, 5.41) is 8.50. The van der Waals surface area contributed by atoms with E-state index >= 15 is 0 Å². The molecule has 0 saturated heterocycles. The number of aromatic nitrogens is 2. The van der Waals surface area contributed by atoms with Crippen LogP contribution in [0, 0.1) is 0 Å². The van der Waals surface area contributed by atoms with Crippen molar-refractivity contribution >= 4 is 11.6 Å². The molecule has 0 aliphatic carbocycles. The van der Waals surface area contributed by atoms with Crippen LogP contribution in [0.15, 0.2) is 6.20 Å². The number of nitrogens with one attached hydrogen (secondary N) is 1. The minimum Gasteiger partial charge on any atom is -0.315 e. The maximum Gasteiger partial charge on any atom is 0.0817 e. The van der Waals surface area contributed by atoms with Crippen molar-refractivity contribution in [3.63, 3.8) is 0 Å². The third-order valence-corrected chi connectivity index (χ3v) is 3.02. The van der Waals surface area contributed by atoms with E-state index in [0.29, 0.717) is 12.1 Å². The number of hydrogen-bond acceptors (Lipinski definition) is 2. The normalized spacial score (nSPS) is 13.4. The van der Waals surface area contributed by atoms with E-state index in [9.17, 15) is 0 Å². The number of hydrogen-bond donors (Lipinski definition) is 1. The first-order valence-corrected chi connectivity index (χ1v) is 6.39. The molecule has 0 aromatic carbocycles. The van der Waals surface area contributed by atoms with Gasteiger partial charge < -0.3 is 5.32 Å². The van der Waals surface area contributed by atoms with Gasteiger partial charge in [-0.2, -0.15) is 5.10 Å². The summed E-state index contributed by atoms with van der Waals surface area (Å²) in [6, 6.07) is 0.897. The van der Waals surface area contributed by atoms with Gasteiger partial charge >= 0.3 is 0 Å². The molecule has 1 N–H and O–H groups in total. The molecule has 92 valence electrons. The summed E-state index contributed by atoms with van der Waals surface area (Å²) in [5.41, 5.74) is 1.15. The van der Waals surface area contributed by atoms with Crippen molar-refractivity contribution in [1.82, 2.24) is 15.1 Å². The van der Waals surface area contributed by atoms with Gasteiger partial charge in [0.1, 0.15) is 0 Å². The van der Waals surface area contributed by atoms with Gasteiger partial charge in [-0.05, 0) is 40.2 Å². The molecule has 0 aliphatic rings. The third-order valence-electron chi connectivity index (χ3n) is 2.70. The number of rotatable bonds is 6. The SMILES string of the molecule is CCNC(C)CCc1c(Cl)cnn1C(C)C. The monoisotopic (exact) mass is 243 g/mol. The van der Waals surface area contributed by atoms with Crippen LogP contribution in [-0.2, 0) is 6.42 Å². The van der Waals surface area contributed by atoms with E-state index in [1.54, 1.807) is 6.20 Å². The Morgan fingerprint density at radius 3 is 2.69 bits per heavy atom. The van der Waals surface area contributed by atoms with Crippen LogP contribution < -0.4 is 5.32 Å². The largest absolute Gasteiger partial charge is 0.315 e. The van der Waals surface area contributed by atoms with Crippen LogP contribution in [0.5, 0.6) is 0 Å². The van der Waals surface area contributed by atoms with Crippen LogP contribution in [0.3, 0.4) is 0 Å². The Balaban J connectivity index is 2.62. The average molecular weight is 244 g/mol. The summed E-state index contributed by atoms with van der Waals surface area (Å²) in [6.07, 6.45) is 3.81. The fourth-order valence-corrected chi connectivity index (χ4v) is 2.07. The first kappa shape index (κ1) is 13.5. The maximum atomic E-state index is 6.15. The van der Waals surface area contributed by atoms with Crippen molar-refractivity contribution in [1.29, 1.82) is 0 Å². The summed E-state index contributed by atoms with van der Waals surface area (Å²) in [6.45, 7) is 9.59. The molecule has 0 fully saturated rings. The van der Waals surface area contributed by atoms with Gasteiger partial charge in [0.25, 0.3) is 0 Å². The predicted molar refractivity (Wildman–Crippen MR) is 69.1 cm³/mol. The van der Waals surface area contributed by atoms with Gasteiger partial charge in [-0.25, -0.2) is 0 Å². The molecule has 0 amide bonds. The summed E-state index contributed by atoms with van der Waals surface area (Å²) in [5.74, 6) is 0. The summed E-state index contributed by atoms with van der Waals surface area (Å²) in [4.78, 5) is 0. The van der Waals surface area contributed by atoms with E-state index in [2.05, 4.69) is 38.1 Å². The molecule has 1 unspecified atom stereocenters. The van der Waals surface area contributed by atoms with Crippen LogP contribution in [0.4, 0.5) is 0 Å². The molecule has 0 bridgehead atoms. The highest BCUT2D eigenvalue weighted by molar-refractivity contribution is 6.31. The Morgan fingerprint density at radius 1 is 1.44 bits per heavy atom. The third kappa shape index (κ3) is 3.49. The molecule has 1 aromatic rings. The zero-order valence-electron chi connectivity index (χ0n) is 10.6. The lowest BCUT2D eigenvalue weighted by atomic mass is 10.1. The fraction of sp³-hybridized carbons (Fsp3) is 0.750. The van der Waals surface area contributed by atoms with Crippen molar-refractivity contribution in [2.45, 2.75) is 52.6 Å². The smallest absolute Gasteiger partial charge is 0.0817 e.